The summed E-state index contributed by atoms with van der Waals surface area (Å²) in [6.07, 6.45) is 3.95. The molecule has 0 radical (unpaired) electrons. The fraction of sp³-hybridized carbons (Fsp3) is 0.391. The highest BCUT2D eigenvalue weighted by Crippen LogP contribution is 2.29. The molecule has 1 unspecified atom stereocenters. The van der Waals surface area contributed by atoms with Crippen LogP contribution in [-0.4, -0.2) is 41.3 Å². The second-order valence-corrected chi connectivity index (χ2v) is 8.15. The number of piperidine rings is 1. The molecule has 0 amide bonds. The van der Waals surface area contributed by atoms with Gasteiger partial charge in [0.2, 0.25) is 0 Å². The Morgan fingerprint density at radius 3 is 2.73 bits per heavy atom. The third-order valence-electron chi connectivity index (χ3n) is 6.18. The zero-order valence-electron chi connectivity index (χ0n) is 16.6. The summed E-state index contributed by atoms with van der Waals surface area (Å²) in [5.41, 5.74) is 4.27. The van der Waals surface area contributed by atoms with E-state index in [0.29, 0.717) is 17.0 Å². The van der Waals surface area contributed by atoms with Crippen molar-refractivity contribution in [2.24, 2.45) is 5.16 Å². The second-order valence-electron chi connectivity index (χ2n) is 8.15. The summed E-state index contributed by atoms with van der Waals surface area (Å²) in [5.74, 6) is -0.109. The smallest absolute Gasteiger partial charge is 0.408 e. The van der Waals surface area contributed by atoms with Gasteiger partial charge in [0.05, 0.1) is 11.2 Å². The highest BCUT2D eigenvalue weighted by Gasteiger charge is 2.25. The van der Waals surface area contributed by atoms with Gasteiger partial charge < -0.3 is 14.2 Å². The van der Waals surface area contributed by atoms with E-state index in [4.69, 9.17) is 9.25 Å². The maximum absolute atomic E-state index is 13.1. The molecule has 3 heterocycles. The molecule has 1 aromatic heterocycles. The fourth-order valence-electron chi connectivity index (χ4n) is 4.43. The van der Waals surface area contributed by atoms with E-state index in [2.05, 4.69) is 15.0 Å². The second kappa shape index (κ2) is 8.07. The summed E-state index contributed by atoms with van der Waals surface area (Å²) in [6.45, 7) is 3.08. The highest BCUT2D eigenvalue weighted by atomic mass is 19.1. The van der Waals surface area contributed by atoms with Crippen LogP contribution in [0.25, 0.3) is 11.1 Å². The number of oxime groups is 1. The van der Waals surface area contributed by atoms with Crippen LogP contribution in [0, 0.1) is 5.82 Å². The minimum Gasteiger partial charge on any atom is -0.408 e. The van der Waals surface area contributed by atoms with Crippen molar-refractivity contribution in [3.63, 3.8) is 0 Å². The summed E-state index contributed by atoms with van der Waals surface area (Å²) >= 11 is 0. The van der Waals surface area contributed by atoms with Crippen molar-refractivity contribution < 1.29 is 13.6 Å². The van der Waals surface area contributed by atoms with E-state index in [1.165, 1.54) is 5.56 Å². The van der Waals surface area contributed by atoms with Gasteiger partial charge in [-0.3, -0.25) is 4.98 Å². The maximum Gasteiger partial charge on any atom is 0.417 e. The van der Waals surface area contributed by atoms with Crippen molar-refractivity contribution in [1.82, 2.24) is 9.88 Å². The van der Waals surface area contributed by atoms with Gasteiger partial charge >= 0.3 is 5.76 Å². The molecule has 1 fully saturated rings. The number of halogens is 1. The first-order valence-electron chi connectivity index (χ1n) is 10.5. The van der Waals surface area contributed by atoms with Crippen LogP contribution in [0.1, 0.15) is 42.7 Å². The SMILES string of the molecule is O=c1[nH]c2ccc(C3=NOC(CCN4CCC(c5ccc(F)cc5)CC4)C3)cc2o1. The van der Waals surface area contributed by atoms with Crippen LogP contribution in [0.15, 0.2) is 56.8 Å². The highest BCUT2D eigenvalue weighted by molar-refractivity contribution is 6.03. The van der Waals surface area contributed by atoms with Crippen LogP contribution in [0.5, 0.6) is 0 Å². The van der Waals surface area contributed by atoms with Gasteiger partial charge in [-0.25, -0.2) is 9.18 Å². The number of fused-ring (bicyclic) bond motifs is 1. The van der Waals surface area contributed by atoms with Crippen molar-refractivity contribution in [2.45, 2.75) is 37.7 Å². The lowest BCUT2D eigenvalue weighted by atomic mass is 9.89. The molecule has 2 aliphatic heterocycles. The lowest BCUT2D eigenvalue weighted by Gasteiger charge is -2.32. The molecule has 0 bridgehead atoms. The summed E-state index contributed by atoms with van der Waals surface area (Å²) in [6, 6.07) is 12.5. The first-order chi connectivity index (χ1) is 14.6. The van der Waals surface area contributed by atoms with E-state index < -0.39 is 5.76 Å². The normalized spacial score (nSPS) is 20.4. The van der Waals surface area contributed by atoms with E-state index in [0.717, 1.165) is 56.6 Å². The molecule has 2 aromatic carbocycles. The molecule has 1 saturated heterocycles. The maximum atomic E-state index is 13.1. The van der Waals surface area contributed by atoms with Gasteiger partial charge in [0, 0.05) is 24.9 Å². The van der Waals surface area contributed by atoms with Gasteiger partial charge in [0.15, 0.2) is 5.58 Å². The molecule has 1 atom stereocenters. The van der Waals surface area contributed by atoms with E-state index in [1.807, 2.05) is 30.3 Å². The predicted molar refractivity (Wildman–Crippen MR) is 112 cm³/mol. The Morgan fingerprint density at radius 2 is 1.93 bits per heavy atom. The number of likely N-dealkylation sites (tertiary alicyclic amines) is 1. The Morgan fingerprint density at radius 1 is 1.13 bits per heavy atom. The molecule has 3 aromatic rings. The number of hydrogen-bond donors (Lipinski definition) is 1. The Kier molecular flexibility index (Phi) is 5.12. The zero-order chi connectivity index (χ0) is 20.5. The number of aromatic amines is 1. The van der Waals surface area contributed by atoms with Gasteiger partial charge in [0.1, 0.15) is 11.9 Å². The first kappa shape index (κ1) is 19.1. The fourth-order valence-corrected chi connectivity index (χ4v) is 4.43. The standard InChI is InChI=1S/C23H24FN3O3/c24-18-4-1-15(2-5-18)16-7-10-27(11-8-16)12-9-19-14-21(26-30-19)17-3-6-20-22(13-17)29-23(28)25-20/h1-6,13,16,19H,7-12,14H2,(H,25,28). The minimum atomic E-state index is -0.451. The number of aromatic nitrogens is 1. The molecule has 6 nitrogen and oxygen atoms in total. The van der Waals surface area contributed by atoms with Crippen LogP contribution < -0.4 is 5.76 Å². The van der Waals surface area contributed by atoms with Gasteiger partial charge in [-0.15, -0.1) is 0 Å². The van der Waals surface area contributed by atoms with Crippen molar-refractivity contribution in [3.05, 3.63) is 70.0 Å². The van der Waals surface area contributed by atoms with E-state index in [9.17, 15) is 9.18 Å². The molecule has 1 N–H and O–H groups in total. The summed E-state index contributed by atoms with van der Waals surface area (Å²) in [5, 5.41) is 4.26. The first-order valence-corrected chi connectivity index (χ1v) is 10.5. The largest absolute Gasteiger partial charge is 0.417 e. The Hall–Kier alpha value is -2.93. The zero-order valence-corrected chi connectivity index (χ0v) is 16.6. The Balaban J connectivity index is 1.10. The third-order valence-corrected chi connectivity index (χ3v) is 6.18. The average molecular weight is 409 g/mol. The van der Waals surface area contributed by atoms with Crippen molar-refractivity contribution in [3.8, 4) is 0 Å². The Bertz CT molecular complexity index is 1110. The summed E-state index contributed by atoms with van der Waals surface area (Å²) < 4.78 is 18.3. The van der Waals surface area contributed by atoms with Gasteiger partial charge in [-0.2, -0.15) is 0 Å². The quantitative estimate of drug-likeness (QED) is 0.691. The monoisotopic (exact) mass is 409 g/mol. The minimum absolute atomic E-state index is 0.0729. The molecule has 0 aliphatic carbocycles. The van der Waals surface area contributed by atoms with E-state index in [-0.39, 0.29) is 11.9 Å². The number of H-pyrrole nitrogens is 1. The molecule has 30 heavy (non-hydrogen) atoms. The lowest BCUT2D eigenvalue weighted by Crippen LogP contribution is -2.35. The van der Waals surface area contributed by atoms with E-state index in [1.54, 1.807) is 12.1 Å². The van der Waals surface area contributed by atoms with Crippen LogP contribution in [-0.2, 0) is 4.84 Å². The molecular formula is C23H24FN3O3. The topological polar surface area (TPSA) is 70.8 Å². The molecule has 0 spiro atoms. The number of oxazole rings is 1. The summed E-state index contributed by atoms with van der Waals surface area (Å²) in [7, 11) is 0. The van der Waals surface area contributed by atoms with Crippen molar-refractivity contribution in [1.29, 1.82) is 0 Å². The average Bonchev–Trinajstić information content (AvgIpc) is 3.38. The van der Waals surface area contributed by atoms with Gasteiger partial charge in [0.25, 0.3) is 0 Å². The van der Waals surface area contributed by atoms with E-state index >= 15 is 0 Å². The molecule has 0 saturated carbocycles. The molecule has 2 aliphatic rings. The molecular weight excluding hydrogens is 385 g/mol. The van der Waals surface area contributed by atoms with Crippen LogP contribution in [0.4, 0.5) is 4.39 Å². The van der Waals surface area contributed by atoms with Crippen LogP contribution >= 0.6 is 0 Å². The summed E-state index contributed by atoms with van der Waals surface area (Å²) in [4.78, 5) is 22.1. The number of nitrogens with one attached hydrogen (secondary N) is 1. The van der Waals surface area contributed by atoms with Crippen LogP contribution in [0.2, 0.25) is 0 Å². The third kappa shape index (κ3) is 4.03. The number of benzene rings is 2. The van der Waals surface area contributed by atoms with Crippen LogP contribution in [0.3, 0.4) is 0 Å². The van der Waals surface area contributed by atoms with Gasteiger partial charge in [-0.05, 0) is 61.7 Å². The Labute approximate surface area is 173 Å². The lowest BCUT2D eigenvalue weighted by molar-refractivity contribution is 0.0661. The molecule has 5 rings (SSSR count). The molecule has 156 valence electrons. The number of rotatable bonds is 5. The van der Waals surface area contributed by atoms with Crippen molar-refractivity contribution >= 4 is 16.8 Å². The number of nitrogens with zero attached hydrogens (tertiary/aromatic N) is 2. The van der Waals surface area contributed by atoms with Crippen molar-refractivity contribution in [2.75, 3.05) is 19.6 Å². The predicted octanol–water partition coefficient (Wildman–Crippen LogP) is 4.02. The number of hydrogen-bond acceptors (Lipinski definition) is 5. The molecule has 7 heteroatoms. The van der Waals surface area contributed by atoms with Gasteiger partial charge in [-0.1, -0.05) is 23.4 Å².